The SMILES string of the molecule is CC(C)CN1CCO[C@H](CNC(=O)CCNC(=O)NC2CCCCC2)C1. The fraction of sp³-hybridized carbons (Fsp3) is 0.895. The fourth-order valence-electron chi connectivity index (χ4n) is 3.68. The smallest absolute Gasteiger partial charge is 0.315 e. The molecule has 1 aliphatic heterocycles. The van der Waals surface area contributed by atoms with Crippen molar-refractivity contribution in [2.75, 3.05) is 39.3 Å². The van der Waals surface area contributed by atoms with Crippen molar-refractivity contribution in [1.29, 1.82) is 0 Å². The normalized spacial score (nSPS) is 22.2. The van der Waals surface area contributed by atoms with Crippen LogP contribution in [0.3, 0.4) is 0 Å². The third kappa shape index (κ3) is 8.36. The summed E-state index contributed by atoms with van der Waals surface area (Å²) in [5.74, 6) is 0.585. The van der Waals surface area contributed by atoms with Crippen LogP contribution in [-0.4, -0.2) is 68.3 Å². The molecule has 3 amide bonds. The number of hydrogen-bond donors (Lipinski definition) is 3. The van der Waals surface area contributed by atoms with Gasteiger partial charge in [-0.05, 0) is 18.8 Å². The summed E-state index contributed by atoms with van der Waals surface area (Å²) in [6.07, 6.45) is 6.09. The van der Waals surface area contributed by atoms with E-state index in [0.29, 0.717) is 25.4 Å². The fourth-order valence-corrected chi connectivity index (χ4v) is 3.68. The van der Waals surface area contributed by atoms with Crippen LogP contribution in [0.15, 0.2) is 0 Å². The van der Waals surface area contributed by atoms with Crippen LogP contribution in [0.25, 0.3) is 0 Å². The Labute approximate surface area is 157 Å². The van der Waals surface area contributed by atoms with Gasteiger partial charge >= 0.3 is 6.03 Å². The van der Waals surface area contributed by atoms with Crippen LogP contribution in [0.1, 0.15) is 52.4 Å². The molecule has 1 aliphatic carbocycles. The lowest BCUT2D eigenvalue weighted by Gasteiger charge is -2.33. The zero-order chi connectivity index (χ0) is 18.8. The first-order valence-corrected chi connectivity index (χ1v) is 10.2. The summed E-state index contributed by atoms with van der Waals surface area (Å²) >= 11 is 0. The first-order chi connectivity index (χ1) is 12.5. The Bertz CT molecular complexity index is 439. The van der Waals surface area contributed by atoms with Crippen LogP contribution in [-0.2, 0) is 9.53 Å². The summed E-state index contributed by atoms with van der Waals surface area (Å²) in [5, 5.41) is 8.69. The van der Waals surface area contributed by atoms with E-state index in [4.69, 9.17) is 4.74 Å². The van der Waals surface area contributed by atoms with Gasteiger partial charge in [0.1, 0.15) is 0 Å². The van der Waals surface area contributed by atoms with Crippen molar-refractivity contribution < 1.29 is 14.3 Å². The second-order valence-corrected chi connectivity index (χ2v) is 7.94. The maximum Gasteiger partial charge on any atom is 0.315 e. The topological polar surface area (TPSA) is 82.7 Å². The van der Waals surface area contributed by atoms with E-state index in [1.165, 1.54) is 19.3 Å². The van der Waals surface area contributed by atoms with Crippen LogP contribution in [0, 0.1) is 5.92 Å². The van der Waals surface area contributed by atoms with Crippen LogP contribution < -0.4 is 16.0 Å². The van der Waals surface area contributed by atoms with E-state index in [0.717, 1.165) is 39.1 Å². The molecule has 0 unspecified atom stereocenters. The van der Waals surface area contributed by atoms with Crippen LogP contribution >= 0.6 is 0 Å². The number of urea groups is 1. The average Bonchev–Trinajstić information content (AvgIpc) is 2.60. The molecular formula is C19H36N4O3. The van der Waals surface area contributed by atoms with Crippen LogP contribution in [0.4, 0.5) is 4.79 Å². The van der Waals surface area contributed by atoms with Crippen molar-refractivity contribution in [2.24, 2.45) is 5.92 Å². The van der Waals surface area contributed by atoms with Crippen molar-refractivity contribution in [2.45, 2.75) is 64.5 Å². The van der Waals surface area contributed by atoms with Gasteiger partial charge < -0.3 is 20.7 Å². The number of amides is 3. The lowest BCUT2D eigenvalue weighted by molar-refractivity contribution is -0.122. The molecule has 0 bridgehead atoms. The van der Waals surface area contributed by atoms with Crippen LogP contribution in [0.2, 0.25) is 0 Å². The van der Waals surface area contributed by atoms with E-state index in [2.05, 4.69) is 34.7 Å². The molecule has 1 heterocycles. The van der Waals surface area contributed by atoms with E-state index in [1.807, 2.05) is 0 Å². The molecule has 1 saturated heterocycles. The van der Waals surface area contributed by atoms with Gasteiger partial charge in [-0.3, -0.25) is 9.69 Å². The molecule has 7 heteroatoms. The number of hydrogen-bond acceptors (Lipinski definition) is 4. The average molecular weight is 369 g/mol. The molecule has 0 radical (unpaired) electrons. The molecule has 0 aromatic rings. The maximum atomic E-state index is 12.0. The van der Waals surface area contributed by atoms with Gasteiger partial charge in [-0.25, -0.2) is 4.79 Å². The molecule has 7 nitrogen and oxygen atoms in total. The van der Waals surface area contributed by atoms with Crippen LogP contribution in [0.5, 0.6) is 0 Å². The second kappa shape index (κ2) is 11.4. The summed E-state index contributed by atoms with van der Waals surface area (Å²) < 4.78 is 5.73. The molecule has 0 spiro atoms. The zero-order valence-corrected chi connectivity index (χ0v) is 16.4. The van der Waals surface area contributed by atoms with Crippen molar-refractivity contribution in [3.63, 3.8) is 0 Å². The van der Waals surface area contributed by atoms with Gasteiger partial charge in [-0.2, -0.15) is 0 Å². The Morgan fingerprint density at radius 3 is 2.65 bits per heavy atom. The third-order valence-corrected chi connectivity index (χ3v) is 4.95. The summed E-state index contributed by atoms with van der Waals surface area (Å²) in [6.45, 7) is 8.91. The van der Waals surface area contributed by atoms with Crippen molar-refractivity contribution in [3.8, 4) is 0 Å². The molecule has 2 aliphatic rings. The molecule has 150 valence electrons. The highest BCUT2D eigenvalue weighted by atomic mass is 16.5. The van der Waals surface area contributed by atoms with Gasteiger partial charge in [-0.1, -0.05) is 33.1 Å². The Hall–Kier alpha value is -1.34. The van der Waals surface area contributed by atoms with Gasteiger partial charge in [0.05, 0.1) is 12.7 Å². The summed E-state index contributed by atoms with van der Waals surface area (Å²) in [5.41, 5.74) is 0. The monoisotopic (exact) mass is 368 g/mol. The molecular weight excluding hydrogens is 332 g/mol. The highest BCUT2D eigenvalue weighted by Gasteiger charge is 2.21. The number of nitrogens with zero attached hydrogens (tertiary/aromatic N) is 1. The number of ether oxygens (including phenoxy) is 1. The van der Waals surface area contributed by atoms with Crippen molar-refractivity contribution in [3.05, 3.63) is 0 Å². The molecule has 2 fully saturated rings. The predicted molar refractivity (Wildman–Crippen MR) is 102 cm³/mol. The predicted octanol–water partition coefficient (Wildman–Crippen LogP) is 1.48. The van der Waals surface area contributed by atoms with E-state index in [-0.39, 0.29) is 24.1 Å². The quantitative estimate of drug-likeness (QED) is 0.606. The Morgan fingerprint density at radius 1 is 1.15 bits per heavy atom. The number of carbonyl (C=O) groups excluding carboxylic acids is 2. The first kappa shape index (κ1) is 21.0. The summed E-state index contributed by atoms with van der Waals surface area (Å²) in [6, 6.07) is 0.124. The highest BCUT2D eigenvalue weighted by molar-refractivity contribution is 5.78. The second-order valence-electron chi connectivity index (χ2n) is 7.94. The number of morpholine rings is 1. The number of nitrogens with one attached hydrogen (secondary N) is 3. The standard InChI is InChI=1S/C19H36N4O3/c1-15(2)13-23-10-11-26-17(14-23)12-21-18(24)8-9-20-19(25)22-16-6-4-3-5-7-16/h15-17H,3-14H2,1-2H3,(H,21,24)(H2,20,22,25)/t17-/m1/s1. The lowest BCUT2D eigenvalue weighted by atomic mass is 9.96. The summed E-state index contributed by atoms with van der Waals surface area (Å²) in [7, 11) is 0. The van der Waals surface area contributed by atoms with Crippen molar-refractivity contribution in [1.82, 2.24) is 20.9 Å². The minimum absolute atomic E-state index is 0.0486. The van der Waals surface area contributed by atoms with E-state index in [9.17, 15) is 9.59 Å². The molecule has 0 aromatic heterocycles. The lowest BCUT2D eigenvalue weighted by Crippen LogP contribution is -2.48. The maximum absolute atomic E-state index is 12.0. The minimum Gasteiger partial charge on any atom is -0.374 e. The van der Waals surface area contributed by atoms with E-state index in [1.54, 1.807) is 0 Å². The first-order valence-electron chi connectivity index (χ1n) is 10.2. The molecule has 2 rings (SSSR count). The zero-order valence-electron chi connectivity index (χ0n) is 16.4. The van der Waals surface area contributed by atoms with Crippen molar-refractivity contribution >= 4 is 11.9 Å². The molecule has 26 heavy (non-hydrogen) atoms. The van der Waals surface area contributed by atoms with E-state index >= 15 is 0 Å². The summed E-state index contributed by atoms with van der Waals surface area (Å²) in [4.78, 5) is 26.2. The van der Waals surface area contributed by atoms with Gasteiger partial charge in [0, 0.05) is 45.2 Å². The third-order valence-electron chi connectivity index (χ3n) is 4.95. The molecule has 1 saturated carbocycles. The van der Waals surface area contributed by atoms with Gasteiger partial charge in [0.25, 0.3) is 0 Å². The highest BCUT2D eigenvalue weighted by Crippen LogP contribution is 2.17. The Kier molecular flexibility index (Phi) is 9.18. The van der Waals surface area contributed by atoms with Gasteiger partial charge in [0.2, 0.25) is 5.91 Å². The van der Waals surface area contributed by atoms with E-state index < -0.39 is 0 Å². The Morgan fingerprint density at radius 2 is 1.92 bits per heavy atom. The largest absolute Gasteiger partial charge is 0.374 e. The Balaban J connectivity index is 1.53. The molecule has 1 atom stereocenters. The van der Waals surface area contributed by atoms with Gasteiger partial charge in [-0.15, -0.1) is 0 Å². The minimum atomic E-state index is -0.162. The molecule has 0 aromatic carbocycles. The number of rotatable bonds is 8. The van der Waals surface area contributed by atoms with Gasteiger partial charge in [0.15, 0.2) is 0 Å². The molecule has 3 N–H and O–H groups in total. The number of carbonyl (C=O) groups is 2.